The van der Waals surface area contributed by atoms with E-state index in [-0.39, 0.29) is 16.0 Å². The Balaban J connectivity index is 1.72. The summed E-state index contributed by atoms with van der Waals surface area (Å²) < 4.78 is 44.1. The lowest BCUT2D eigenvalue weighted by Crippen LogP contribution is -2.41. The van der Waals surface area contributed by atoms with Gasteiger partial charge in [-0.05, 0) is 55.5 Å². The van der Waals surface area contributed by atoms with Gasteiger partial charge < -0.3 is 4.74 Å². The summed E-state index contributed by atoms with van der Waals surface area (Å²) in [5.41, 5.74) is 2.00. The van der Waals surface area contributed by atoms with Crippen LogP contribution in [-0.4, -0.2) is 20.9 Å². The molecular weight excluding hydrogens is 359 g/mol. The van der Waals surface area contributed by atoms with Crippen LogP contribution in [0.4, 0.5) is 4.39 Å². The van der Waals surface area contributed by atoms with E-state index in [0.29, 0.717) is 18.3 Å². The second-order valence-corrected chi connectivity index (χ2v) is 7.91. The molecule has 1 saturated carbocycles. The van der Waals surface area contributed by atoms with Crippen LogP contribution in [0.5, 0.6) is 5.75 Å². The zero-order chi connectivity index (χ0) is 18.7. The van der Waals surface area contributed by atoms with E-state index in [4.69, 9.17) is 4.74 Å². The molecule has 3 rings (SSSR count). The second-order valence-electron chi connectivity index (χ2n) is 6.23. The van der Waals surface area contributed by atoms with Crippen molar-refractivity contribution in [3.63, 3.8) is 0 Å². The van der Waals surface area contributed by atoms with Gasteiger partial charge in [-0.1, -0.05) is 18.2 Å². The zero-order valence-corrected chi connectivity index (χ0v) is 15.0. The van der Waals surface area contributed by atoms with E-state index in [1.807, 2.05) is 10.3 Å². The van der Waals surface area contributed by atoms with Gasteiger partial charge in [0.05, 0.1) is 17.1 Å². The molecule has 2 N–H and O–H groups in total. The number of hydrogen-bond acceptors (Lipinski definition) is 4. The maximum absolute atomic E-state index is 14.3. The molecule has 6 nitrogen and oxygen atoms in total. The van der Waals surface area contributed by atoms with E-state index in [9.17, 15) is 17.6 Å². The summed E-state index contributed by atoms with van der Waals surface area (Å²) >= 11 is 0. The number of ether oxygens (including phenoxy) is 1. The molecule has 1 aliphatic rings. The number of nitrogens with one attached hydrogen (secondary N) is 2. The first kappa shape index (κ1) is 18.3. The number of hydrogen-bond donors (Lipinski definition) is 2. The average Bonchev–Trinajstić information content (AvgIpc) is 3.46. The Labute approximate surface area is 151 Å². The van der Waals surface area contributed by atoms with Crippen LogP contribution in [0.15, 0.2) is 47.4 Å². The first-order valence-electron chi connectivity index (χ1n) is 8.17. The molecule has 0 spiro atoms. The smallest absolute Gasteiger partial charge is 0.269 e. The van der Waals surface area contributed by atoms with Crippen LogP contribution in [0.2, 0.25) is 0 Å². The molecule has 0 aromatic heterocycles. The normalized spacial score (nSPS) is 14.1. The Bertz CT molecular complexity index is 912. The van der Waals surface area contributed by atoms with Crippen LogP contribution in [0.3, 0.4) is 0 Å². The number of rotatable bonds is 7. The van der Waals surface area contributed by atoms with E-state index in [1.165, 1.54) is 31.2 Å². The second kappa shape index (κ2) is 7.43. The largest absolute Gasteiger partial charge is 0.493 e. The minimum absolute atomic E-state index is 0.0153. The van der Waals surface area contributed by atoms with Crippen molar-refractivity contribution < 1.29 is 22.3 Å². The molecule has 0 saturated heterocycles. The average molecular weight is 378 g/mol. The highest BCUT2D eigenvalue weighted by atomic mass is 32.2. The van der Waals surface area contributed by atoms with Crippen molar-refractivity contribution in [3.05, 3.63) is 59.4 Å². The fourth-order valence-corrected chi connectivity index (χ4v) is 3.18. The van der Waals surface area contributed by atoms with Crippen molar-refractivity contribution in [2.24, 2.45) is 5.92 Å². The summed E-state index contributed by atoms with van der Waals surface area (Å²) in [7, 11) is -3.95. The summed E-state index contributed by atoms with van der Waals surface area (Å²) in [5.74, 6) is -0.732. The number of aryl methyl sites for hydroxylation is 1. The highest BCUT2D eigenvalue weighted by Gasteiger charge is 2.23. The van der Waals surface area contributed by atoms with E-state index in [2.05, 4.69) is 0 Å². The number of halogens is 1. The highest BCUT2D eigenvalue weighted by Crippen LogP contribution is 2.30. The summed E-state index contributed by atoms with van der Waals surface area (Å²) in [6.07, 6.45) is 2.21. The molecule has 0 unspecified atom stereocenters. The number of carbonyl (C=O) groups excluding carboxylic acids is 1. The summed E-state index contributed by atoms with van der Waals surface area (Å²) in [6.45, 7) is 2.04. The molecule has 2 aromatic rings. The molecule has 1 aliphatic carbocycles. The van der Waals surface area contributed by atoms with Gasteiger partial charge in [-0.3, -0.25) is 10.2 Å². The van der Waals surface area contributed by atoms with Crippen LogP contribution in [-0.2, 0) is 10.0 Å². The van der Waals surface area contributed by atoms with Gasteiger partial charge in [-0.2, -0.15) is 0 Å². The third-order valence-electron chi connectivity index (χ3n) is 4.01. The third kappa shape index (κ3) is 4.39. The molecule has 0 radical (unpaired) electrons. The lowest BCUT2D eigenvalue weighted by Gasteiger charge is -2.12. The maximum atomic E-state index is 14.3. The molecule has 1 fully saturated rings. The summed E-state index contributed by atoms with van der Waals surface area (Å²) in [6, 6.07) is 10.3. The van der Waals surface area contributed by atoms with Gasteiger partial charge in [0.1, 0.15) is 11.6 Å². The lowest BCUT2D eigenvalue weighted by atomic mass is 10.1. The highest BCUT2D eigenvalue weighted by molar-refractivity contribution is 7.89. The summed E-state index contributed by atoms with van der Waals surface area (Å²) in [5, 5.41) is 0. The Morgan fingerprint density at radius 2 is 1.92 bits per heavy atom. The van der Waals surface area contributed by atoms with Gasteiger partial charge in [-0.25, -0.2) is 12.8 Å². The van der Waals surface area contributed by atoms with E-state index in [1.54, 1.807) is 18.2 Å². The van der Waals surface area contributed by atoms with Gasteiger partial charge in [0, 0.05) is 0 Å². The monoisotopic (exact) mass is 378 g/mol. The van der Waals surface area contributed by atoms with Crippen molar-refractivity contribution in [2.75, 3.05) is 6.61 Å². The molecule has 0 aliphatic heterocycles. The fraction of sp³-hybridized carbons (Fsp3) is 0.278. The quantitative estimate of drug-likeness (QED) is 0.725. The molecule has 8 heteroatoms. The van der Waals surface area contributed by atoms with Crippen molar-refractivity contribution in [2.45, 2.75) is 24.7 Å². The minimum atomic E-state index is -3.95. The van der Waals surface area contributed by atoms with E-state index < -0.39 is 21.7 Å². The Morgan fingerprint density at radius 3 is 2.58 bits per heavy atom. The minimum Gasteiger partial charge on any atom is -0.493 e. The molecule has 2 aromatic carbocycles. The molecule has 0 heterocycles. The van der Waals surface area contributed by atoms with Crippen molar-refractivity contribution >= 4 is 15.9 Å². The van der Waals surface area contributed by atoms with Crippen LogP contribution in [0.1, 0.15) is 28.8 Å². The van der Waals surface area contributed by atoms with E-state index >= 15 is 0 Å². The SMILES string of the molecule is Cc1cc(OCC2CC2)cc(C(=O)NNS(=O)(=O)c2ccccc2)c1F. The zero-order valence-electron chi connectivity index (χ0n) is 14.2. The lowest BCUT2D eigenvalue weighted by molar-refractivity contribution is 0.0940. The van der Waals surface area contributed by atoms with Crippen molar-refractivity contribution in [3.8, 4) is 5.75 Å². The predicted molar refractivity (Wildman–Crippen MR) is 93.6 cm³/mol. The Hall–Kier alpha value is -2.45. The standard InChI is InChI=1S/C18H19FN2O4S/c1-12-9-14(25-11-13-7-8-13)10-16(17(12)19)18(22)20-21-26(23,24)15-5-3-2-4-6-15/h2-6,9-10,13,21H,7-8,11H2,1H3,(H,20,22). The first-order chi connectivity index (χ1) is 12.4. The molecule has 0 bridgehead atoms. The van der Waals surface area contributed by atoms with Crippen molar-refractivity contribution in [1.82, 2.24) is 10.3 Å². The molecular formula is C18H19FN2O4S. The molecule has 26 heavy (non-hydrogen) atoms. The molecule has 138 valence electrons. The molecule has 0 atom stereocenters. The Morgan fingerprint density at radius 1 is 1.23 bits per heavy atom. The topological polar surface area (TPSA) is 84.5 Å². The maximum Gasteiger partial charge on any atom is 0.269 e. The summed E-state index contributed by atoms with van der Waals surface area (Å²) in [4.78, 5) is 14.2. The Kier molecular flexibility index (Phi) is 5.24. The third-order valence-corrected chi connectivity index (χ3v) is 5.27. The molecule has 1 amide bonds. The number of hydrazine groups is 1. The fourth-order valence-electron chi connectivity index (χ4n) is 2.32. The number of amides is 1. The number of benzene rings is 2. The van der Waals surface area contributed by atoms with Crippen LogP contribution in [0, 0.1) is 18.7 Å². The number of sulfonamides is 1. The predicted octanol–water partition coefficient (Wildman–Crippen LogP) is 2.55. The van der Waals surface area contributed by atoms with Crippen LogP contribution < -0.4 is 15.0 Å². The van der Waals surface area contributed by atoms with Crippen LogP contribution >= 0.6 is 0 Å². The first-order valence-corrected chi connectivity index (χ1v) is 9.65. The van der Waals surface area contributed by atoms with Gasteiger partial charge in [0.15, 0.2) is 0 Å². The number of carbonyl (C=O) groups is 1. The van der Waals surface area contributed by atoms with Gasteiger partial charge in [0.2, 0.25) is 0 Å². The van der Waals surface area contributed by atoms with Gasteiger partial charge in [0.25, 0.3) is 15.9 Å². The van der Waals surface area contributed by atoms with Crippen LogP contribution in [0.25, 0.3) is 0 Å². The van der Waals surface area contributed by atoms with Crippen molar-refractivity contribution in [1.29, 1.82) is 0 Å². The van der Waals surface area contributed by atoms with E-state index in [0.717, 1.165) is 12.8 Å². The van der Waals surface area contributed by atoms with Gasteiger partial charge >= 0.3 is 0 Å². The van der Waals surface area contributed by atoms with Gasteiger partial charge in [-0.15, -0.1) is 4.83 Å².